The van der Waals surface area contributed by atoms with Crippen LogP contribution in [0.3, 0.4) is 0 Å². The van der Waals surface area contributed by atoms with Crippen molar-refractivity contribution in [2.75, 3.05) is 25.9 Å². The third-order valence-corrected chi connectivity index (χ3v) is 6.31. The molecule has 1 fully saturated rings. The summed E-state index contributed by atoms with van der Waals surface area (Å²) in [4.78, 5) is 13.8. The van der Waals surface area contributed by atoms with Crippen LogP contribution in [0.1, 0.15) is 13.8 Å². The minimum absolute atomic E-state index is 0.0242. The molecule has 1 aliphatic rings. The van der Waals surface area contributed by atoms with E-state index in [1.165, 1.54) is 21.3 Å². The smallest absolute Gasteiger partial charge is 0.246 e. The van der Waals surface area contributed by atoms with Crippen molar-refractivity contribution in [1.82, 2.24) is 9.21 Å². The highest BCUT2D eigenvalue weighted by atomic mass is 79.9. The van der Waals surface area contributed by atoms with Crippen molar-refractivity contribution < 1.29 is 13.2 Å². The highest BCUT2D eigenvalue weighted by Gasteiger charge is 2.47. The molecule has 1 saturated heterocycles. The number of carbonyl (C=O) groups excluding carboxylic acids is 1. The van der Waals surface area contributed by atoms with E-state index < -0.39 is 15.6 Å². The Hall–Kier alpha value is -1.12. The molecular weight excluding hydrogens is 358 g/mol. The van der Waals surface area contributed by atoms with Crippen LogP contribution in [0, 0.1) is 0 Å². The summed E-state index contributed by atoms with van der Waals surface area (Å²) in [5, 5.41) is 0. The Morgan fingerprint density at radius 3 is 2.48 bits per heavy atom. The Kier molecular flexibility index (Phi) is 4.07. The Labute approximate surface area is 133 Å². The molecule has 0 bridgehead atoms. The van der Waals surface area contributed by atoms with E-state index in [2.05, 4.69) is 15.9 Å². The minimum atomic E-state index is -3.83. The summed E-state index contributed by atoms with van der Waals surface area (Å²) in [6.45, 7) is 3.82. The molecule has 0 unspecified atom stereocenters. The lowest BCUT2D eigenvalue weighted by Gasteiger charge is -2.43. The number of piperazine rings is 1. The summed E-state index contributed by atoms with van der Waals surface area (Å²) in [7, 11) is -2.16. The lowest BCUT2D eigenvalue weighted by molar-refractivity contribution is -0.142. The maximum atomic E-state index is 12.8. The number of benzene rings is 1. The van der Waals surface area contributed by atoms with Crippen LogP contribution >= 0.6 is 15.9 Å². The molecule has 21 heavy (non-hydrogen) atoms. The van der Waals surface area contributed by atoms with E-state index in [-0.39, 0.29) is 23.0 Å². The normalized spacial score (nSPS) is 19.8. The second-order valence-electron chi connectivity index (χ2n) is 5.55. The van der Waals surface area contributed by atoms with Crippen LogP contribution in [0.25, 0.3) is 0 Å². The highest BCUT2D eigenvalue weighted by molar-refractivity contribution is 9.10. The van der Waals surface area contributed by atoms with Gasteiger partial charge in [0.25, 0.3) is 0 Å². The third kappa shape index (κ3) is 2.67. The molecule has 0 atom stereocenters. The van der Waals surface area contributed by atoms with E-state index >= 15 is 0 Å². The van der Waals surface area contributed by atoms with Crippen LogP contribution in [-0.2, 0) is 14.8 Å². The van der Waals surface area contributed by atoms with Crippen LogP contribution in [0.15, 0.2) is 27.6 Å². The van der Waals surface area contributed by atoms with Crippen LogP contribution in [-0.4, -0.2) is 49.2 Å². The summed E-state index contributed by atoms with van der Waals surface area (Å²) in [5.74, 6) is -0.229. The molecule has 0 radical (unpaired) electrons. The zero-order valence-electron chi connectivity index (χ0n) is 12.1. The number of rotatable bonds is 2. The fraction of sp³-hybridized carbons (Fsp3) is 0.462. The molecule has 1 aromatic rings. The number of anilines is 1. The van der Waals surface area contributed by atoms with Gasteiger partial charge in [0.05, 0.1) is 5.69 Å². The lowest BCUT2D eigenvalue weighted by atomic mass is 10.0. The first-order valence-corrected chi connectivity index (χ1v) is 8.65. The van der Waals surface area contributed by atoms with Crippen molar-refractivity contribution in [1.29, 1.82) is 0 Å². The van der Waals surface area contributed by atoms with Crippen LogP contribution in [0.2, 0.25) is 0 Å². The van der Waals surface area contributed by atoms with Crippen molar-refractivity contribution in [3.05, 3.63) is 22.7 Å². The van der Waals surface area contributed by atoms with Crippen LogP contribution in [0.5, 0.6) is 0 Å². The van der Waals surface area contributed by atoms with Gasteiger partial charge in [0, 0.05) is 24.6 Å². The molecule has 0 aromatic heterocycles. The standard InChI is InChI=1S/C13H18BrN3O3S/c1-13(2)12(18)16(3)6-7-17(13)21(19,20)11-5-4-9(14)8-10(11)15/h4-5,8H,6-7,15H2,1-3H3. The third-order valence-electron chi connectivity index (χ3n) is 3.67. The van der Waals surface area contributed by atoms with E-state index in [9.17, 15) is 13.2 Å². The second-order valence-corrected chi connectivity index (χ2v) is 8.29. The summed E-state index contributed by atoms with van der Waals surface area (Å²) in [6.07, 6.45) is 0. The van der Waals surface area contributed by atoms with Gasteiger partial charge in [0.2, 0.25) is 15.9 Å². The minimum Gasteiger partial charge on any atom is -0.398 e. The van der Waals surface area contributed by atoms with E-state index in [1.54, 1.807) is 27.0 Å². The Morgan fingerprint density at radius 2 is 1.90 bits per heavy atom. The summed E-state index contributed by atoms with van der Waals surface area (Å²) >= 11 is 3.25. The van der Waals surface area contributed by atoms with Gasteiger partial charge in [-0.15, -0.1) is 0 Å². The summed E-state index contributed by atoms with van der Waals surface area (Å²) in [6, 6.07) is 4.61. The molecule has 116 valence electrons. The molecule has 0 aliphatic carbocycles. The van der Waals surface area contributed by atoms with Crippen molar-refractivity contribution in [3.8, 4) is 0 Å². The van der Waals surface area contributed by atoms with Crippen molar-refractivity contribution in [3.63, 3.8) is 0 Å². The van der Waals surface area contributed by atoms with Crippen molar-refractivity contribution >= 4 is 37.5 Å². The molecule has 1 heterocycles. The first kappa shape index (κ1) is 16.3. The SMILES string of the molecule is CN1CCN(S(=O)(=O)c2ccc(Br)cc2N)C(C)(C)C1=O. The van der Waals surface area contributed by atoms with Crippen molar-refractivity contribution in [2.24, 2.45) is 0 Å². The van der Waals surface area contributed by atoms with Gasteiger partial charge in [-0.05, 0) is 32.0 Å². The largest absolute Gasteiger partial charge is 0.398 e. The summed E-state index contributed by atoms with van der Waals surface area (Å²) in [5.41, 5.74) is 4.86. The number of nitrogens with zero attached hydrogens (tertiary/aromatic N) is 2. The van der Waals surface area contributed by atoms with Gasteiger partial charge in [-0.3, -0.25) is 4.79 Å². The topological polar surface area (TPSA) is 83.7 Å². The molecule has 0 spiro atoms. The molecular formula is C13H18BrN3O3S. The Balaban J connectivity index is 2.51. The van der Waals surface area contributed by atoms with Crippen molar-refractivity contribution in [2.45, 2.75) is 24.3 Å². The van der Waals surface area contributed by atoms with Crippen LogP contribution in [0.4, 0.5) is 5.69 Å². The van der Waals surface area contributed by atoms with E-state index in [0.717, 1.165) is 0 Å². The first-order chi connectivity index (χ1) is 9.58. The molecule has 1 aromatic carbocycles. The van der Waals surface area contributed by atoms with E-state index in [0.29, 0.717) is 11.0 Å². The molecule has 2 N–H and O–H groups in total. The van der Waals surface area contributed by atoms with Gasteiger partial charge in [0.1, 0.15) is 10.4 Å². The second kappa shape index (κ2) is 5.26. The number of likely N-dealkylation sites (N-methyl/N-ethyl adjacent to an activating group) is 1. The van der Waals surface area contributed by atoms with Gasteiger partial charge in [-0.25, -0.2) is 8.42 Å². The van der Waals surface area contributed by atoms with E-state index in [1.807, 2.05) is 0 Å². The quantitative estimate of drug-likeness (QED) is 0.788. The molecule has 2 rings (SSSR count). The molecule has 6 nitrogen and oxygen atoms in total. The first-order valence-electron chi connectivity index (χ1n) is 6.42. The Bertz CT molecular complexity index is 688. The van der Waals surface area contributed by atoms with E-state index in [4.69, 9.17) is 5.73 Å². The Morgan fingerprint density at radius 1 is 1.29 bits per heavy atom. The molecule has 1 aliphatic heterocycles. The van der Waals surface area contributed by atoms with Crippen LogP contribution < -0.4 is 5.73 Å². The predicted molar refractivity (Wildman–Crippen MR) is 84.2 cm³/mol. The fourth-order valence-electron chi connectivity index (χ4n) is 2.49. The monoisotopic (exact) mass is 375 g/mol. The molecule has 1 amide bonds. The van der Waals surface area contributed by atoms with Gasteiger partial charge in [-0.1, -0.05) is 15.9 Å². The number of carbonyl (C=O) groups is 1. The average Bonchev–Trinajstić information content (AvgIpc) is 2.35. The molecule has 0 saturated carbocycles. The number of nitrogen functional groups attached to an aromatic ring is 1. The number of sulfonamides is 1. The molecule has 8 heteroatoms. The van der Waals surface area contributed by atoms with Gasteiger partial charge < -0.3 is 10.6 Å². The average molecular weight is 376 g/mol. The van der Waals surface area contributed by atoms with Gasteiger partial charge in [-0.2, -0.15) is 4.31 Å². The number of hydrogen-bond acceptors (Lipinski definition) is 4. The zero-order valence-corrected chi connectivity index (χ0v) is 14.5. The number of amides is 1. The van der Waals surface area contributed by atoms with Gasteiger partial charge in [0.15, 0.2) is 0 Å². The number of nitrogens with two attached hydrogens (primary N) is 1. The maximum Gasteiger partial charge on any atom is 0.246 e. The number of halogens is 1. The predicted octanol–water partition coefficient (Wildman–Crippen LogP) is 1.27. The fourth-order valence-corrected chi connectivity index (χ4v) is 4.70. The zero-order chi connectivity index (χ0) is 16.0. The summed E-state index contributed by atoms with van der Waals surface area (Å²) < 4.78 is 27.6. The maximum absolute atomic E-state index is 12.8. The van der Waals surface area contributed by atoms with Gasteiger partial charge >= 0.3 is 0 Å². The number of hydrogen-bond donors (Lipinski definition) is 1. The highest BCUT2D eigenvalue weighted by Crippen LogP contribution is 2.32. The lowest BCUT2D eigenvalue weighted by Crippen LogP contribution is -2.63.